The Kier molecular flexibility index (Phi) is 3.62. The minimum absolute atomic E-state index is 0.280. The molecular weight excluding hydrogens is 120 g/mol. The van der Waals surface area contributed by atoms with Crippen LogP contribution in [-0.2, 0) is 28.2 Å². The Bertz CT molecular complexity index is 76.8. The van der Waals surface area contributed by atoms with E-state index in [0.29, 0.717) is 0 Å². The van der Waals surface area contributed by atoms with Crippen molar-refractivity contribution in [2.75, 3.05) is 6.61 Å². The van der Waals surface area contributed by atoms with Gasteiger partial charge in [0.2, 0.25) is 0 Å². The minimum atomic E-state index is -3.38. The van der Waals surface area contributed by atoms with Gasteiger partial charge in [0.15, 0.2) is 0 Å². The van der Waals surface area contributed by atoms with E-state index in [2.05, 4.69) is 3.32 Å². The molecule has 4 heteroatoms. The first-order valence-corrected chi connectivity index (χ1v) is 3.52. The van der Waals surface area contributed by atoms with E-state index < -0.39 is 18.2 Å². The van der Waals surface area contributed by atoms with Crippen molar-refractivity contribution in [3.8, 4) is 0 Å². The molecule has 3 nitrogen and oxygen atoms in total. The topological polar surface area (TPSA) is 43.4 Å². The van der Waals surface area contributed by atoms with Gasteiger partial charge >= 0.3 is 41.7 Å². The standard InChI is InChI=1S/C2H5O.2O.Ti/c1-2-3;;;/h2H2,1H3;;;/q-1;;;+1. The van der Waals surface area contributed by atoms with Gasteiger partial charge < -0.3 is 0 Å². The van der Waals surface area contributed by atoms with Crippen molar-refractivity contribution < 1.29 is 28.2 Å². The number of hydrogen-bond acceptors (Lipinski definition) is 3. The van der Waals surface area contributed by atoms with E-state index >= 15 is 0 Å². The van der Waals surface area contributed by atoms with Gasteiger partial charge in [-0.25, -0.2) is 0 Å². The van der Waals surface area contributed by atoms with Gasteiger partial charge in [-0.15, -0.1) is 0 Å². The SMILES string of the molecule is CC[O][Ti](=[O])=[O]. The first-order chi connectivity index (χ1) is 2.77. The third kappa shape index (κ3) is 4.27. The van der Waals surface area contributed by atoms with Crippen molar-refractivity contribution in [1.82, 2.24) is 0 Å². The van der Waals surface area contributed by atoms with Crippen LogP contribution in [0, 0.1) is 0 Å². The first kappa shape index (κ1) is 6.27. The molecule has 0 saturated heterocycles. The zero-order valence-corrected chi connectivity index (χ0v) is 4.99. The van der Waals surface area contributed by atoms with Crippen molar-refractivity contribution in [1.29, 1.82) is 0 Å². The molecule has 0 saturated carbocycles. The average Bonchev–Trinajstić information content (AvgIpc) is 1.35. The summed E-state index contributed by atoms with van der Waals surface area (Å²) in [5.41, 5.74) is 0. The molecule has 0 spiro atoms. The van der Waals surface area contributed by atoms with E-state index in [-0.39, 0.29) is 6.61 Å². The quantitative estimate of drug-likeness (QED) is 0.496. The fraction of sp³-hybridized carbons (Fsp3) is 1.00. The summed E-state index contributed by atoms with van der Waals surface area (Å²) in [5.74, 6) is 0. The van der Waals surface area contributed by atoms with Crippen LogP contribution in [0.3, 0.4) is 0 Å². The van der Waals surface area contributed by atoms with Gasteiger partial charge in [0.25, 0.3) is 0 Å². The van der Waals surface area contributed by atoms with Gasteiger partial charge in [-0.3, -0.25) is 0 Å². The van der Waals surface area contributed by atoms with Crippen LogP contribution in [0.5, 0.6) is 0 Å². The van der Waals surface area contributed by atoms with Gasteiger partial charge in [0.05, 0.1) is 0 Å². The van der Waals surface area contributed by atoms with Crippen LogP contribution in [0.2, 0.25) is 0 Å². The second-order valence-corrected chi connectivity index (χ2v) is 1.91. The average molecular weight is 125 g/mol. The second kappa shape index (κ2) is 3.46. The molecule has 0 amide bonds. The molecule has 0 aromatic rings. The summed E-state index contributed by atoms with van der Waals surface area (Å²) >= 11 is -3.38. The third-order valence-electron chi connectivity index (χ3n) is 0.262. The Labute approximate surface area is 42.3 Å². The zero-order valence-electron chi connectivity index (χ0n) is 3.43. The molecule has 0 bridgehead atoms. The molecule has 0 aliphatic heterocycles. The monoisotopic (exact) mass is 125 g/mol. The Morgan fingerprint density at radius 1 is 1.67 bits per heavy atom. The van der Waals surface area contributed by atoms with Gasteiger partial charge in [-0.2, -0.15) is 0 Å². The molecule has 0 unspecified atom stereocenters. The van der Waals surface area contributed by atoms with Gasteiger partial charge in [0.1, 0.15) is 0 Å². The molecule has 0 aromatic heterocycles. The van der Waals surface area contributed by atoms with Crippen molar-refractivity contribution in [2.24, 2.45) is 0 Å². The fourth-order valence-corrected chi connectivity index (χ4v) is 0.486. The summed E-state index contributed by atoms with van der Waals surface area (Å²) in [7, 11) is 0. The summed E-state index contributed by atoms with van der Waals surface area (Å²) in [5, 5.41) is 0. The molecular formula is C2H5O3Ti. The molecule has 0 aliphatic rings. The van der Waals surface area contributed by atoms with Crippen LogP contribution in [0.1, 0.15) is 6.92 Å². The van der Waals surface area contributed by atoms with Crippen LogP contribution >= 0.6 is 0 Å². The second-order valence-electron chi connectivity index (χ2n) is 0.683. The predicted molar refractivity (Wildman–Crippen MR) is 13.0 cm³/mol. The summed E-state index contributed by atoms with van der Waals surface area (Å²) in [6, 6.07) is 0. The molecule has 0 heterocycles. The summed E-state index contributed by atoms with van der Waals surface area (Å²) in [6.07, 6.45) is 0. The first-order valence-electron chi connectivity index (χ1n) is 1.61. The molecule has 0 atom stereocenters. The maximum atomic E-state index is 9.52. The van der Waals surface area contributed by atoms with Crippen LogP contribution in [-0.4, -0.2) is 6.61 Å². The molecule has 0 aliphatic carbocycles. The van der Waals surface area contributed by atoms with Crippen LogP contribution in [0.4, 0.5) is 0 Å². The van der Waals surface area contributed by atoms with Crippen molar-refractivity contribution in [3.05, 3.63) is 0 Å². The van der Waals surface area contributed by atoms with E-state index in [4.69, 9.17) is 0 Å². The van der Waals surface area contributed by atoms with E-state index in [1.807, 2.05) is 0 Å². The van der Waals surface area contributed by atoms with E-state index in [1.54, 1.807) is 6.92 Å². The van der Waals surface area contributed by atoms with Crippen LogP contribution in [0.25, 0.3) is 0 Å². The van der Waals surface area contributed by atoms with Crippen molar-refractivity contribution in [2.45, 2.75) is 6.92 Å². The molecule has 0 aromatic carbocycles. The van der Waals surface area contributed by atoms with Crippen molar-refractivity contribution >= 4 is 0 Å². The number of rotatable bonds is 2. The predicted octanol–water partition coefficient (Wildman–Crippen LogP) is 0.247. The normalized spacial score (nSPS) is 8.17. The zero-order chi connectivity index (χ0) is 4.99. The fourth-order valence-electron chi connectivity index (χ4n) is 0.118. The van der Waals surface area contributed by atoms with Crippen LogP contribution < -0.4 is 0 Å². The van der Waals surface area contributed by atoms with Gasteiger partial charge in [0, 0.05) is 0 Å². The summed E-state index contributed by atoms with van der Waals surface area (Å²) in [4.78, 5) is 0. The Balaban J connectivity index is 3.07. The third-order valence-corrected chi connectivity index (χ3v) is 1.08. The Hall–Kier alpha value is 0.274. The maximum absolute atomic E-state index is 9.52. The van der Waals surface area contributed by atoms with Crippen molar-refractivity contribution in [3.63, 3.8) is 0 Å². The van der Waals surface area contributed by atoms with Gasteiger partial charge in [-0.1, -0.05) is 0 Å². The summed E-state index contributed by atoms with van der Waals surface area (Å²) in [6.45, 7) is 1.92. The van der Waals surface area contributed by atoms with E-state index in [1.165, 1.54) is 0 Å². The Morgan fingerprint density at radius 2 is 2.17 bits per heavy atom. The molecule has 0 fully saturated rings. The number of hydrogen-bond donors (Lipinski definition) is 0. The summed E-state index contributed by atoms with van der Waals surface area (Å²) < 4.78 is 23.1. The molecule has 0 rings (SSSR count). The molecule has 35 valence electrons. The molecule has 6 heavy (non-hydrogen) atoms. The molecule has 0 N–H and O–H groups in total. The molecule has 0 radical (unpaired) electrons. The van der Waals surface area contributed by atoms with Gasteiger partial charge in [-0.05, 0) is 0 Å². The van der Waals surface area contributed by atoms with Crippen LogP contribution in [0.15, 0.2) is 0 Å². The van der Waals surface area contributed by atoms with E-state index in [0.717, 1.165) is 0 Å². The van der Waals surface area contributed by atoms with E-state index in [9.17, 15) is 6.65 Å². The Morgan fingerprint density at radius 3 is 2.17 bits per heavy atom.